The van der Waals surface area contributed by atoms with Crippen LogP contribution in [0.3, 0.4) is 0 Å². The quantitative estimate of drug-likeness (QED) is 0.132. The molecule has 13 heteroatoms. The zero-order chi connectivity index (χ0) is 31.4. The van der Waals surface area contributed by atoms with Gasteiger partial charge >= 0.3 is 18.1 Å². The Kier molecular flexibility index (Phi) is 11.8. The highest BCUT2D eigenvalue weighted by Gasteiger charge is 2.42. The van der Waals surface area contributed by atoms with Crippen LogP contribution < -0.4 is 16.0 Å². The molecule has 0 aliphatic carbocycles. The van der Waals surface area contributed by atoms with Crippen LogP contribution in [0.1, 0.15) is 37.8 Å². The van der Waals surface area contributed by atoms with Gasteiger partial charge in [-0.05, 0) is 42.2 Å². The van der Waals surface area contributed by atoms with Crippen molar-refractivity contribution in [2.24, 2.45) is 0 Å². The molecule has 1 heterocycles. The molecular weight excluding hydrogens is 569 g/mol. The molecule has 0 aliphatic rings. The molecule has 43 heavy (non-hydrogen) atoms. The van der Waals surface area contributed by atoms with Crippen molar-refractivity contribution in [2.45, 2.75) is 50.6 Å². The summed E-state index contributed by atoms with van der Waals surface area (Å²) in [4.78, 5) is 53.2. The number of hydrogen-bond acceptors (Lipinski definition) is 8. The van der Waals surface area contributed by atoms with Crippen molar-refractivity contribution in [3.63, 3.8) is 0 Å². The minimum atomic E-state index is -5.39. The summed E-state index contributed by atoms with van der Waals surface area (Å²) in [7, 11) is 0. The molecule has 0 bridgehead atoms. The molecule has 3 rings (SSSR count). The monoisotopic (exact) mass is 600 g/mol. The number of pyridine rings is 1. The lowest BCUT2D eigenvalue weighted by Crippen LogP contribution is -2.53. The topological polar surface area (TPSA) is 147 Å². The van der Waals surface area contributed by atoms with Gasteiger partial charge in [-0.15, -0.1) is 0 Å². The smallest absolute Gasteiger partial charge is 0.391 e. The van der Waals surface area contributed by atoms with Gasteiger partial charge in [0.15, 0.2) is 0 Å². The minimum Gasteiger partial charge on any atom is -0.391 e. The SMILES string of the molecule is C[C@H](O)[C@H](NC(=O)CCCNc1ccccn1)C(=O)NC(CC(=O)OC(=O)C(F)(F)F)c1ccc(-c2ccccc2)cc1. The molecule has 4 N–H and O–H groups in total. The lowest BCUT2D eigenvalue weighted by Gasteiger charge is -2.25. The molecule has 0 radical (unpaired) electrons. The summed E-state index contributed by atoms with van der Waals surface area (Å²) in [5.74, 6) is -5.03. The molecule has 0 aliphatic heterocycles. The van der Waals surface area contributed by atoms with Crippen molar-refractivity contribution >= 4 is 29.6 Å². The largest absolute Gasteiger partial charge is 0.491 e. The highest BCUT2D eigenvalue weighted by atomic mass is 19.4. The van der Waals surface area contributed by atoms with E-state index in [0.717, 1.165) is 11.1 Å². The molecule has 1 aromatic heterocycles. The van der Waals surface area contributed by atoms with Crippen molar-refractivity contribution < 1.29 is 42.2 Å². The molecule has 0 spiro atoms. The van der Waals surface area contributed by atoms with E-state index < -0.39 is 54.5 Å². The number of aromatic nitrogens is 1. The summed E-state index contributed by atoms with van der Waals surface area (Å²) in [5, 5.41) is 18.2. The number of benzene rings is 2. The van der Waals surface area contributed by atoms with Gasteiger partial charge < -0.3 is 25.8 Å². The summed E-state index contributed by atoms with van der Waals surface area (Å²) >= 11 is 0. The number of halogens is 3. The average molecular weight is 601 g/mol. The summed E-state index contributed by atoms with van der Waals surface area (Å²) in [6.45, 7) is 1.68. The van der Waals surface area contributed by atoms with Crippen LogP contribution in [0.15, 0.2) is 79.0 Å². The third-order valence-corrected chi connectivity index (χ3v) is 6.18. The summed E-state index contributed by atoms with van der Waals surface area (Å²) in [6.07, 6.45) is -5.59. The fourth-order valence-electron chi connectivity index (χ4n) is 4.01. The number of alkyl halides is 3. The van der Waals surface area contributed by atoms with Crippen LogP contribution in [0.4, 0.5) is 19.0 Å². The maximum absolute atomic E-state index is 13.2. The second-order valence-corrected chi connectivity index (χ2v) is 9.54. The van der Waals surface area contributed by atoms with Crippen LogP contribution in [0.25, 0.3) is 11.1 Å². The Labute approximate surface area is 245 Å². The number of amides is 2. The number of nitrogens with zero attached hydrogens (tertiary/aromatic N) is 1. The highest BCUT2D eigenvalue weighted by molar-refractivity contribution is 5.90. The standard InChI is InChI=1S/C30H31F3N4O6/c1-19(38)27(37-25(39)11-7-17-35-24-10-5-6-16-34-24)28(41)36-23(18-26(40)43-29(42)30(31,32)33)22-14-12-21(13-15-22)20-8-3-2-4-9-20/h2-6,8-10,12-16,19,23,27,38H,7,11,17-18H2,1H3,(H,34,35)(H,36,41)(H,37,39)/t19-,23?,27-/m0/s1. The van der Waals surface area contributed by atoms with E-state index in [9.17, 15) is 37.5 Å². The van der Waals surface area contributed by atoms with Crippen LogP contribution in [0, 0.1) is 0 Å². The predicted octanol–water partition coefficient (Wildman–Crippen LogP) is 3.69. The molecular formula is C30H31F3N4O6. The van der Waals surface area contributed by atoms with Crippen molar-refractivity contribution in [3.8, 4) is 11.1 Å². The Balaban J connectivity index is 1.69. The van der Waals surface area contributed by atoms with Crippen LogP contribution in [-0.2, 0) is 23.9 Å². The number of aliphatic hydroxyl groups excluding tert-OH is 1. The second kappa shape index (κ2) is 15.4. The maximum atomic E-state index is 13.2. The number of esters is 2. The first-order chi connectivity index (χ1) is 20.4. The van der Waals surface area contributed by atoms with Gasteiger partial charge in [0.1, 0.15) is 11.9 Å². The van der Waals surface area contributed by atoms with E-state index in [0.29, 0.717) is 24.3 Å². The summed E-state index contributed by atoms with van der Waals surface area (Å²) in [5.41, 5.74) is 1.97. The Morgan fingerprint density at radius 1 is 0.907 bits per heavy atom. The second-order valence-electron chi connectivity index (χ2n) is 9.54. The van der Waals surface area contributed by atoms with Gasteiger partial charge in [0.25, 0.3) is 0 Å². The number of carbonyl (C=O) groups is 4. The van der Waals surface area contributed by atoms with Gasteiger partial charge in [0, 0.05) is 19.2 Å². The Hall–Kier alpha value is -4.78. The van der Waals surface area contributed by atoms with Crippen LogP contribution in [-0.4, -0.2) is 58.7 Å². The molecule has 10 nitrogen and oxygen atoms in total. The zero-order valence-corrected chi connectivity index (χ0v) is 23.1. The van der Waals surface area contributed by atoms with Gasteiger partial charge in [-0.3, -0.25) is 14.4 Å². The van der Waals surface area contributed by atoms with Crippen LogP contribution >= 0.6 is 0 Å². The van der Waals surface area contributed by atoms with E-state index in [1.165, 1.54) is 6.92 Å². The van der Waals surface area contributed by atoms with Crippen molar-refractivity contribution in [3.05, 3.63) is 84.6 Å². The van der Waals surface area contributed by atoms with E-state index in [1.54, 1.807) is 48.7 Å². The first-order valence-electron chi connectivity index (χ1n) is 13.3. The normalized spacial score (nSPS) is 13.2. The lowest BCUT2D eigenvalue weighted by molar-refractivity contribution is -0.202. The summed E-state index contributed by atoms with van der Waals surface area (Å²) < 4.78 is 41.8. The molecule has 0 saturated heterocycles. The van der Waals surface area contributed by atoms with Gasteiger partial charge in [-0.25, -0.2) is 9.78 Å². The molecule has 2 amide bonds. The highest BCUT2D eigenvalue weighted by Crippen LogP contribution is 2.25. The Morgan fingerprint density at radius 2 is 1.56 bits per heavy atom. The van der Waals surface area contributed by atoms with Gasteiger partial charge in [-0.1, -0.05) is 60.7 Å². The van der Waals surface area contributed by atoms with Gasteiger partial charge in [0.05, 0.1) is 18.6 Å². The first kappa shape index (κ1) is 32.7. The molecule has 0 saturated carbocycles. The number of nitrogens with one attached hydrogen (secondary N) is 3. The van der Waals surface area contributed by atoms with Crippen molar-refractivity contribution in [1.29, 1.82) is 0 Å². The maximum Gasteiger partial charge on any atom is 0.491 e. The van der Waals surface area contributed by atoms with Crippen LogP contribution in [0.2, 0.25) is 0 Å². The van der Waals surface area contributed by atoms with Crippen molar-refractivity contribution in [1.82, 2.24) is 15.6 Å². The van der Waals surface area contributed by atoms with Crippen molar-refractivity contribution in [2.75, 3.05) is 11.9 Å². The van der Waals surface area contributed by atoms with E-state index in [-0.39, 0.29) is 6.42 Å². The van der Waals surface area contributed by atoms with Gasteiger partial charge in [-0.2, -0.15) is 13.2 Å². The fraction of sp³-hybridized carbons (Fsp3) is 0.300. The number of hydrogen-bond donors (Lipinski definition) is 4. The van der Waals surface area contributed by atoms with E-state index in [2.05, 4.69) is 25.7 Å². The first-order valence-corrected chi connectivity index (χ1v) is 13.3. The molecule has 0 fully saturated rings. The summed E-state index contributed by atoms with van der Waals surface area (Å²) in [6, 6.07) is 18.3. The lowest BCUT2D eigenvalue weighted by atomic mass is 9.98. The van der Waals surface area contributed by atoms with Gasteiger partial charge in [0.2, 0.25) is 11.8 Å². The van der Waals surface area contributed by atoms with E-state index >= 15 is 0 Å². The number of anilines is 1. The predicted molar refractivity (Wildman–Crippen MR) is 150 cm³/mol. The number of rotatable bonds is 13. The molecule has 2 aromatic carbocycles. The molecule has 228 valence electrons. The minimum absolute atomic E-state index is 0.00654. The molecule has 3 aromatic rings. The van der Waals surface area contributed by atoms with E-state index in [4.69, 9.17) is 0 Å². The fourth-order valence-corrected chi connectivity index (χ4v) is 4.01. The molecule has 1 unspecified atom stereocenters. The number of aliphatic hydroxyl groups is 1. The van der Waals surface area contributed by atoms with E-state index in [1.807, 2.05) is 30.3 Å². The average Bonchev–Trinajstić information content (AvgIpc) is 2.98. The zero-order valence-electron chi connectivity index (χ0n) is 23.1. The Morgan fingerprint density at radius 3 is 2.16 bits per heavy atom. The Bertz CT molecular complexity index is 1370. The third kappa shape index (κ3) is 10.5. The molecule has 3 atom stereocenters. The van der Waals surface area contributed by atoms with Crippen LogP contribution in [0.5, 0.6) is 0 Å². The number of carbonyl (C=O) groups excluding carboxylic acids is 4. The number of ether oxygens (including phenoxy) is 1. The third-order valence-electron chi connectivity index (χ3n) is 6.18.